The summed E-state index contributed by atoms with van der Waals surface area (Å²) in [4.78, 5) is 11.7. The smallest absolute Gasteiger partial charge is 0.135 e. The van der Waals surface area contributed by atoms with E-state index in [2.05, 4.69) is 31.0 Å². The highest BCUT2D eigenvalue weighted by Crippen LogP contribution is 2.20. The van der Waals surface area contributed by atoms with Crippen molar-refractivity contribution in [2.75, 3.05) is 38.1 Å². The van der Waals surface area contributed by atoms with Crippen molar-refractivity contribution >= 4 is 27.4 Å². The minimum absolute atomic E-state index is 0.263. The van der Waals surface area contributed by atoms with Crippen LogP contribution in [0.1, 0.15) is 53.4 Å². The van der Waals surface area contributed by atoms with Gasteiger partial charge in [-0.2, -0.15) is 0 Å². The van der Waals surface area contributed by atoms with Crippen molar-refractivity contribution in [2.45, 2.75) is 59.4 Å². The summed E-state index contributed by atoms with van der Waals surface area (Å²) in [7, 11) is 3.58. The lowest BCUT2D eigenvalue weighted by molar-refractivity contribution is -0.120. The Hall–Kier alpha value is -0.190. The molecule has 0 aliphatic carbocycles. The van der Waals surface area contributed by atoms with Gasteiger partial charge in [-0.1, -0.05) is 61.1 Å². The van der Waals surface area contributed by atoms with Gasteiger partial charge < -0.3 is 14.8 Å². The SMILES string of the molecule is CC(C)C#CCOCCC(=O)CCCCOCSSCCNC(C)C. The molecule has 0 aromatic carbocycles. The predicted molar refractivity (Wildman–Crippen MR) is 111 cm³/mol. The molecule has 0 aromatic heterocycles. The summed E-state index contributed by atoms with van der Waals surface area (Å²) >= 11 is 0. The molecule has 0 unspecified atom stereocenters. The van der Waals surface area contributed by atoms with Crippen LogP contribution in [0.25, 0.3) is 0 Å². The lowest BCUT2D eigenvalue weighted by atomic mass is 10.1. The molecular weight excluding hydrogens is 354 g/mol. The van der Waals surface area contributed by atoms with Crippen LogP contribution in [0.3, 0.4) is 0 Å². The largest absolute Gasteiger partial charge is 0.370 e. The van der Waals surface area contributed by atoms with Gasteiger partial charge in [0, 0.05) is 43.7 Å². The number of nitrogens with one attached hydrogen (secondary N) is 1. The van der Waals surface area contributed by atoms with Crippen LogP contribution in [0, 0.1) is 17.8 Å². The highest BCUT2D eigenvalue weighted by molar-refractivity contribution is 8.76. The maximum absolute atomic E-state index is 11.7. The molecule has 6 heteroatoms. The Kier molecular flexibility index (Phi) is 18.5. The number of Topliss-reactive ketones (excluding diaryl/α,β-unsaturated/α-hetero) is 1. The summed E-state index contributed by atoms with van der Waals surface area (Å²) in [5.74, 6) is 8.41. The number of carbonyl (C=O) groups excluding carboxylic acids is 1. The Labute approximate surface area is 162 Å². The fourth-order valence-corrected chi connectivity index (χ4v) is 3.37. The molecule has 25 heavy (non-hydrogen) atoms. The van der Waals surface area contributed by atoms with E-state index in [1.165, 1.54) is 0 Å². The van der Waals surface area contributed by atoms with Crippen molar-refractivity contribution in [3.8, 4) is 11.8 Å². The molecule has 0 radical (unpaired) electrons. The van der Waals surface area contributed by atoms with Crippen molar-refractivity contribution in [2.24, 2.45) is 5.92 Å². The average molecular weight is 390 g/mol. The second-order valence-electron chi connectivity index (χ2n) is 6.35. The van der Waals surface area contributed by atoms with E-state index in [9.17, 15) is 4.79 Å². The Bertz CT molecular complexity index is 379. The van der Waals surface area contributed by atoms with Gasteiger partial charge >= 0.3 is 0 Å². The number of ether oxygens (including phenoxy) is 2. The van der Waals surface area contributed by atoms with Crippen LogP contribution in [0.2, 0.25) is 0 Å². The molecule has 0 saturated carbocycles. The Balaban J connectivity index is 3.24. The summed E-state index contributed by atoms with van der Waals surface area (Å²) in [5, 5.41) is 3.38. The van der Waals surface area contributed by atoms with Crippen molar-refractivity contribution in [1.29, 1.82) is 0 Å². The molecule has 146 valence electrons. The van der Waals surface area contributed by atoms with Crippen LogP contribution in [0.5, 0.6) is 0 Å². The fraction of sp³-hybridized carbons (Fsp3) is 0.842. The van der Waals surface area contributed by atoms with Crippen LogP contribution in [0.4, 0.5) is 0 Å². The standard InChI is InChI=1S/C19H35NO3S2/c1-17(2)8-7-13-22-14-10-19(21)9-5-6-12-23-16-25-24-15-11-20-18(3)4/h17-18,20H,5-6,9-16H2,1-4H3. The van der Waals surface area contributed by atoms with Gasteiger partial charge in [-0.3, -0.25) is 4.79 Å². The van der Waals surface area contributed by atoms with Gasteiger partial charge in [-0.05, 0) is 12.8 Å². The van der Waals surface area contributed by atoms with Crippen molar-refractivity contribution < 1.29 is 14.3 Å². The van der Waals surface area contributed by atoms with Crippen LogP contribution in [-0.4, -0.2) is 49.9 Å². The number of rotatable bonds is 16. The molecule has 4 nitrogen and oxygen atoms in total. The van der Waals surface area contributed by atoms with Gasteiger partial charge in [0.15, 0.2) is 0 Å². The third kappa shape index (κ3) is 21.8. The number of unbranched alkanes of at least 4 members (excludes halogenated alkanes) is 1. The van der Waals surface area contributed by atoms with Crippen LogP contribution < -0.4 is 5.32 Å². The predicted octanol–water partition coefficient (Wildman–Crippen LogP) is 4.15. The number of hydrogen-bond donors (Lipinski definition) is 1. The minimum Gasteiger partial charge on any atom is -0.370 e. The maximum Gasteiger partial charge on any atom is 0.135 e. The summed E-state index contributed by atoms with van der Waals surface area (Å²) in [6.07, 6.45) is 2.93. The van der Waals surface area contributed by atoms with E-state index in [4.69, 9.17) is 9.47 Å². The van der Waals surface area contributed by atoms with Gasteiger partial charge in [-0.25, -0.2) is 0 Å². The molecule has 0 aliphatic rings. The number of carbonyl (C=O) groups is 1. The zero-order valence-electron chi connectivity index (χ0n) is 16.3. The monoisotopic (exact) mass is 389 g/mol. The zero-order valence-corrected chi connectivity index (χ0v) is 17.9. The number of ketones is 1. The first kappa shape index (κ1) is 24.8. The first-order valence-corrected chi connectivity index (χ1v) is 11.6. The Morgan fingerprint density at radius 2 is 1.84 bits per heavy atom. The topological polar surface area (TPSA) is 47.6 Å². The zero-order chi connectivity index (χ0) is 18.8. The molecule has 0 atom stereocenters. The van der Waals surface area contributed by atoms with Gasteiger partial charge in [0.1, 0.15) is 18.3 Å². The molecular formula is C19H35NO3S2. The molecule has 0 bridgehead atoms. The van der Waals surface area contributed by atoms with Crippen molar-refractivity contribution in [3.05, 3.63) is 0 Å². The van der Waals surface area contributed by atoms with Crippen LogP contribution in [0.15, 0.2) is 0 Å². The van der Waals surface area contributed by atoms with Gasteiger partial charge in [-0.15, -0.1) is 0 Å². The molecule has 0 spiro atoms. The summed E-state index contributed by atoms with van der Waals surface area (Å²) < 4.78 is 10.9. The van der Waals surface area contributed by atoms with E-state index in [0.717, 1.165) is 31.7 Å². The van der Waals surface area contributed by atoms with E-state index in [1.807, 2.05) is 24.6 Å². The summed E-state index contributed by atoms with van der Waals surface area (Å²) in [6, 6.07) is 0.551. The Morgan fingerprint density at radius 1 is 1.04 bits per heavy atom. The molecule has 0 rings (SSSR count). The number of hydrogen-bond acceptors (Lipinski definition) is 6. The third-order valence-electron chi connectivity index (χ3n) is 3.04. The van der Waals surface area contributed by atoms with Gasteiger partial charge in [0.05, 0.1) is 6.61 Å². The van der Waals surface area contributed by atoms with Crippen LogP contribution >= 0.6 is 21.6 Å². The first-order valence-electron chi connectivity index (χ1n) is 9.15. The van der Waals surface area contributed by atoms with E-state index < -0.39 is 0 Å². The summed E-state index contributed by atoms with van der Waals surface area (Å²) in [5.41, 5.74) is 0. The quantitative estimate of drug-likeness (QED) is 0.185. The van der Waals surface area contributed by atoms with Gasteiger partial charge in [0.25, 0.3) is 0 Å². The lowest BCUT2D eigenvalue weighted by Crippen LogP contribution is -2.24. The van der Waals surface area contributed by atoms with Crippen molar-refractivity contribution in [3.63, 3.8) is 0 Å². The summed E-state index contributed by atoms with van der Waals surface area (Å²) in [6.45, 7) is 11.1. The third-order valence-corrected chi connectivity index (χ3v) is 5.13. The average Bonchev–Trinajstić information content (AvgIpc) is 2.55. The highest BCUT2D eigenvalue weighted by atomic mass is 33.1. The van der Waals surface area contributed by atoms with Gasteiger partial charge in [0.2, 0.25) is 0 Å². The fourth-order valence-electron chi connectivity index (χ4n) is 1.78. The second kappa shape index (κ2) is 18.6. The van der Waals surface area contributed by atoms with E-state index in [1.54, 1.807) is 10.8 Å². The molecule has 0 saturated heterocycles. The Morgan fingerprint density at radius 3 is 2.56 bits per heavy atom. The molecule has 0 heterocycles. The van der Waals surface area contributed by atoms with E-state index >= 15 is 0 Å². The highest BCUT2D eigenvalue weighted by Gasteiger charge is 2.02. The first-order chi connectivity index (χ1) is 12.0. The van der Waals surface area contributed by atoms with E-state index in [-0.39, 0.29) is 5.78 Å². The maximum atomic E-state index is 11.7. The van der Waals surface area contributed by atoms with Crippen LogP contribution in [-0.2, 0) is 14.3 Å². The lowest BCUT2D eigenvalue weighted by Gasteiger charge is -2.07. The minimum atomic E-state index is 0.263. The second-order valence-corrected chi connectivity index (χ2v) is 8.88. The van der Waals surface area contributed by atoms with Crippen molar-refractivity contribution in [1.82, 2.24) is 5.32 Å². The van der Waals surface area contributed by atoms with E-state index in [0.29, 0.717) is 44.0 Å². The molecule has 0 amide bonds. The molecule has 0 aromatic rings. The molecule has 0 fully saturated rings. The normalized spacial score (nSPS) is 11.0. The molecule has 1 N–H and O–H groups in total. The molecule has 0 aliphatic heterocycles.